The number of halogens is 1. The first-order valence-electron chi connectivity index (χ1n) is 4.83. The highest BCUT2D eigenvalue weighted by Crippen LogP contribution is 2.11. The van der Waals surface area contributed by atoms with Gasteiger partial charge in [-0.2, -0.15) is 0 Å². The largest absolute Gasteiger partial charge is 0.351 e. The lowest BCUT2D eigenvalue weighted by Crippen LogP contribution is -2.37. The van der Waals surface area contributed by atoms with Crippen LogP contribution < -0.4 is 10.6 Å². The van der Waals surface area contributed by atoms with E-state index in [1.54, 1.807) is 7.05 Å². The summed E-state index contributed by atoms with van der Waals surface area (Å²) < 4.78 is 0. The second-order valence-electron chi connectivity index (χ2n) is 3.43. The van der Waals surface area contributed by atoms with Gasteiger partial charge in [0.25, 0.3) is 11.6 Å². The molecule has 3 N–H and O–H groups in total. The molecule has 7 nitrogen and oxygen atoms in total. The van der Waals surface area contributed by atoms with Gasteiger partial charge in [0.2, 0.25) is 0 Å². The summed E-state index contributed by atoms with van der Waals surface area (Å²) in [5.41, 5.74) is 0.0711. The topological polar surface area (TPSA) is 100 Å². The maximum Gasteiger partial charge on any atom is 0.287 e. The van der Waals surface area contributed by atoms with Crippen molar-refractivity contribution in [3.8, 4) is 0 Å². The van der Waals surface area contributed by atoms with Crippen LogP contribution in [0, 0.1) is 10.1 Å². The highest BCUT2D eigenvalue weighted by molar-refractivity contribution is 5.93. The molecule has 1 unspecified atom stereocenters. The molecule has 8 heteroatoms. The van der Waals surface area contributed by atoms with Crippen LogP contribution in [0.3, 0.4) is 0 Å². The Morgan fingerprint density at radius 3 is 2.76 bits per heavy atom. The molecule has 0 aromatic carbocycles. The zero-order valence-electron chi connectivity index (χ0n) is 9.52. The highest BCUT2D eigenvalue weighted by atomic mass is 35.5. The smallest absolute Gasteiger partial charge is 0.287 e. The van der Waals surface area contributed by atoms with Crippen molar-refractivity contribution in [2.24, 2.45) is 0 Å². The molecule has 1 aromatic rings. The molecule has 0 saturated carbocycles. The number of aromatic amines is 1. The Hall–Kier alpha value is -1.60. The van der Waals surface area contributed by atoms with Gasteiger partial charge in [-0.1, -0.05) is 0 Å². The summed E-state index contributed by atoms with van der Waals surface area (Å²) in [7, 11) is 1.79. The minimum absolute atomic E-state index is 0. The first-order valence-corrected chi connectivity index (χ1v) is 4.83. The van der Waals surface area contributed by atoms with Gasteiger partial charge in [-0.15, -0.1) is 12.4 Å². The second-order valence-corrected chi connectivity index (χ2v) is 3.43. The van der Waals surface area contributed by atoms with Crippen LogP contribution in [-0.2, 0) is 0 Å². The van der Waals surface area contributed by atoms with Crippen LogP contribution in [0.2, 0.25) is 0 Å². The van der Waals surface area contributed by atoms with Gasteiger partial charge in [0.15, 0.2) is 0 Å². The summed E-state index contributed by atoms with van der Waals surface area (Å²) in [5, 5.41) is 16.0. The lowest BCUT2D eigenvalue weighted by Gasteiger charge is -2.10. The number of carbonyl (C=O) groups is 1. The Balaban J connectivity index is 0.00000256. The van der Waals surface area contributed by atoms with Gasteiger partial charge < -0.3 is 15.6 Å². The SMILES string of the molecule is CNC(C)CNC(=O)c1cc([N+](=O)[O-])c[nH]1.Cl. The molecule has 1 amide bonds. The van der Waals surface area contributed by atoms with Crippen LogP contribution in [0.25, 0.3) is 0 Å². The van der Waals surface area contributed by atoms with E-state index in [0.717, 1.165) is 0 Å². The normalized spacial score (nSPS) is 11.4. The van der Waals surface area contributed by atoms with E-state index in [9.17, 15) is 14.9 Å². The fourth-order valence-corrected chi connectivity index (χ4v) is 1.06. The minimum Gasteiger partial charge on any atom is -0.351 e. The predicted molar refractivity (Wildman–Crippen MR) is 65.6 cm³/mol. The van der Waals surface area contributed by atoms with Crippen LogP contribution in [0.15, 0.2) is 12.3 Å². The molecule has 0 spiro atoms. The molecule has 96 valence electrons. The van der Waals surface area contributed by atoms with Crippen LogP contribution in [0.5, 0.6) is 0 Å². The third kappa shape index (κ3) is 4.41. The molecule has 0 aliphatic carbocycles. The fourth-order valence-electron chi connectivity index (χ4n) is 1.06. The van der Waals surface area contributed by atoms with Crippen molar-refractivity contribution in [2.45, 2.75) is 13.0 Å². The molecular weight excluding hydrogens is 248 g/mol. The molecule has 0 saturated heterocycles. The predicted octanol–water partition coefficient (Wildman–Crippen LogP) is 0.682. The number of H-pyrrole nitrogens is 1. The summed E-state index contributed by atoms with van der Waals surface area (Å²) in [6.45, 7) is 2.37. The van der Waals surface area contributed by atoms with Gasteiger partial charge in [-0.3, -0.25) is 14.9 Å². The van der Waals surface area contributed by atoms with Crippen molar-refractivity contribution < 1.29 is 9.72 Å². The number of nitrogens with one attached hydrogen (secondary N) is 3. The molecule has 0 aliphatic heterocycles. The number of nitrogens with zero attached hydrogens (tertiary/aromatic N) is 1. The number of aromatic nitrogens is 1. The van der Waals surface area contributed by atoms with Crippen molar-refractivity contribution in [3.05, 3.63) is 28.1 Å². The molecular formula is C9H15ClN4O3. The number of carbonyl (C=O) groups excluding carboxylic acids is 1. The molecule has 1 rings (SSSR count). The van der Waals surface area contributed by atoms with E-state index in [4.69, 9.17) is 0 Å². The molecule has 0 bridgehead atoms. The standard InChI is InChI=1S/C9H14N4O3.ClH/c1-6(10-2)4-12-9(14)8-3-7(5-11-8)13(15)16;/h3,5-6,10-11H,4H2,1-2H3,(H,12,14);1H. The first-order chi connectivity index (χ1) is 7.54. The number of amides is 1. The Morgan fingerprint density at radius 1 is 1.65 bits per heavy atom. The molecule has 1 aromatic heterocycles. The lowest BCUT2D eigenvalue weighted by atomic mass is 10.3. The van der Waals surface area contributed by atoms with E-state index >= 15 is 0 Å². The number of rotatable bonds is 5. The Bertz CT molecular complexity index is 393. The number of hydrogen-bond donors (Lipinski definition) is 3. The van der Waals surface area contributed by atoms with Crippen molar-refractivity contribution in [2.75, 3.05) is 13.6 Å². The van der Waals surface area contributed by atoms with Gasteiger partial charge in [0, 0.05) is 18.7 Å². The minimum atomic E-state index is -0.552. The molecule has 0 aliphatic rings. The maximum atomic E-state index is 11.5. The zero-order chi connectivity index (χ0) is 12.1. The van der Waals surface area contributed by atoms with Crippen molar-refractivity contribution in [3.63, 3.8) is 0 Å². The zero-order valence-corrected chi connectivity index (χ0v) is 10.3. The number of hydrogen-bond acceptors (Lipinski definition) is 4. The third-order valence-corrected chi connectivity index (χ3v) is 2.18. The summed E-state index contributed by atoms with van der Waals surface area (Å²) in [6, 6.07) is 1.35. The van der Waals surface area contributed by atoms with Crippen molar-refractivity contribution in [1.29, 1.82) is 0 Å². The van der Waals surface area contributed by atoms with Crippen molar-refractivity contribution >= 4 is 24.0 Å². The van der Waals surface area contributed by atoms with Gasteiger partial charge in [-0.25, -0.2) is 0 Å². The van der Waals surface area contributed by atoms with E-state index in [2.05, 4.69) is 15.6 Å². The summed E-state index contributed by atoms with van der Waals surface area (Å²) in [4.78, 5) is 23.9. The Kier molecular flexibility index (Phi) is 6.22. The molecule has 17 heavy (non-hydrogen) atoms. The maximum absolute atomic E-state index is 11.5. The molecule has 0 fully saturated rings. The van der Waals surface area contributed by atoms with E-state index in [1.165, 1.54) is 12.3 Å². The van der Waals surface area contributed by atoms with E-state index < -0.39 is 4.92 Å². The van der Waals surface area contributed by atoms with Crippen LogP contribution in [-0.4, -0.2) is 35.4 Å². The number of likely N-dealkylation sites (N-methyl/N-ethyl adjacent to an activating group) is 1. The van der Waals surface area contributed by atoms with E-state index in [-0.39, 0.29) is 35.7 Å². The molecule has 0 radical (unpaired) electrons. The van der Waals surface area contributed by atoms with E-state index in [1.807, 2.05) is 6.92 Å². The first kappa shape index (κ1) is 15.4. The average Bonchev–Trinajstić information content (AvgIpc) is 2.74. The van der Waals surface area contributed by atoms with Crippen LogP contribution in [0.4, 0.5) is 5.69 Å². The lowest BCUT2D eigenvalue weighted by molar-refractivity contribution is -0.384. The Labute approximate surface area is 105 Å². The summed E-state index contributed by atoms with van der Waals surface area (Å²) >= 11 is 0. The molecule has 1 atom stereocenters. The Morgan fingerprint density at radius 2 is 2.29 bits per heavy atom. The van der Waals surface area contributed by atoms with Crippen LogP contribution >= 0.6 is 12.4 Å². The third-order valence-electron chi connectivity index (χ3n) is 2.18. The second kappa shape index (κ2) is 6.87. The van der Waals surface area contributed by atoms with Crippen LogP contribution in [0.1, 0.15) is 17.4 Å². The van der Waals surface area contributed by atoms with Gasteiger partial charge >= 0.3 is 0 Å². The van der Waals surface area contributed by atoms with Crippen molar-refractivity contribution in [1.82, 2.24) is 15.6 Å². The monoisotopic (exact) mass is 262 g/mol. The van der Waals surface area contributed by atoms with Gasteiger partial charge in [0.05, 0.1) is 11.1 Å². The fraction of sp³-hybridized carbons (Fsp3) is 0.444. The number of nitro groups is 1. The van der Waals surface area contributed by atoms with E-state index in [0.29, 0.717) is 6.54 Å². The molecule has 1 heterocycles. The van der Waals surface area contributed by atoms with Gasteiger partial charge in [0.1, 0.15) is 5.69 Å². The summed E-state index contributed by atoms with van der Waals surface area (Å²) in [6.07, 6.45) is 1.19. The average molecular weight is 263 g/mol. The quantitative estimate of drug-likeness (QED) is 0.537. The highest BCUT2D eigenvalue weighted by Gasteiger charge is 2.14. The summed E-state index contributed by atoms with van der Waals surface area (Å²) in [5.74, 6) is -0.352. The van der Waals surface area contributed by atoms with Gasteiger partial charge in [-0.05, 0) is 14.0 Å².